The maximum absolute atomic E-state index is 12.1. The van der Waals surface area contributed by atoms with E-state index >= 15 is 0 Å². The van der Waals surface area contributed by atoms with Gasteiger partial charge in [-0.15, -0.1) is 10.0 Å². The lowest BCUT2D eigenvalue weighted by atomic mass is 10.1. The summed E-state index contributed by atoms with van der Waals surface area (Å²) in [5.74, 6) is -1.40. The number of carbonyl (C=O) groups is 1. The van der Waals surface area contributed by atoms with E-state index in [1.807, 2.05) is 0 Å². The molecule has 7 nitrogen and oxygen atoms in total. The van der Waals surface area contributed by atoms with Crippen LogP contribution in [0.2, 0.25) is 0 Å². The molecule has 4 N–H and O–H groups in total. The van der Waals surface area contributed by atoms with Crippen molar-refractivity contribution in [2.75, 3.05) is 0 Å². The number of aliphatic carboxylic acids is 1. The number of rotatable bonds is 6. The molecule has 0 aliphatic rings. The maximum atomic E-state index is 12.1. The standard InChI is InChI=1S/C9H11FNO6P/c10-11-8(9(12)13)5-6-1-3-7(4-2-6)17-18(14,15)16/h1-4,8,11H,5H2,(H,12,13)(H2,14,15,16)/t8-/m0/s1. The van der Waals surface area contributed by atoms with Crippen LogP contribution in [-0.2, 0) is 15.8 Å². The second kappa shape index (κ2) is 5.92. The molecular weight excluding hydrogens is 268 g/mol. The number of phosphoric acid groups is 1. The van der Waals surface area contributed by atoms with Gasteiger partial charge in [0.1, 0.15) is 11.8 Å². The number of benzene rings is 1. The Morgan fingerprint density at radius 2 is 1.94 bits per heavy atom. The van der Waals surface area contributed by atoms with E-state index < -0.39 is 19.8 Å². The average Bonchev–Trinajstić information content (AvgIpc) is 2.25. The molecule has 9 heteroatoms. The molecule has 0 unspecified atom stereocenters. The van der Waals surface area contributed by atoms with Gasteiger partial charge in [-0.05, 0) is 17.7 Å². The molecule has 0 aliphatic heterocycles. The molecule has 0 aliphatic carbocycles. The molecule has 0 bridgehead atoms. The van der Waals surface area contributed by atoms with Gasteiger partial charge < -0.3 is 9.63 Å². The highest BCUT2D eigenvalue weighted by molar-refractivity contribution is 7.46. The second-order valence-electron chi connectivity index (χ2n) is 3.43. The first kappa shape index (κ1) is 14.6. The van der Waals surface area contributed by atoms with Crippen molar-refractivity contribution in [1.29, 1.82) is 0 Å². The van der Waals surface area contributed by atoms with Crippen LogP contribution in [-0.4, -0.2) is 26.9 Å². The van der Waals surface area contributed by atoms with Gasteiger partial charge in [-0.2, -0.15) is 0 Å². The van der Waals surface area contributed by atoms with Gasteiger partial charge in [-0.1, -0.05) is 12.1 Å². The quantitative estimate of drug-likeness (QED) is 0.445. The summed E-state index contributed by atoms with van der Waals surface area (Å²) < 4.78 is 27.0. The lowest BCUT2D eigenvalue weighted by Crippen LogP contribution is -2.33. The Morgan fingerprint density at radius 3 is 2.33 bits per heavy atom. The molecule has 1 aromatic carbocycles. The molecule has 0 amide bonds. The van der Waals surface area contributed by atoms with E-state index in [0.29, 0.717) is 5.56 Å². The Labute approximate surface area is 101 Å². The lowest BCUT2D eigenvalue weighted by Gasteiger charge is -2.10. The van der Waals surface area contributed by atoms with Crippen LogP contribution in [0.5, 0.6) is 5.75 Å². The van der Waals surface area contributed by atoms with E-state index in [4.69, 9.17) is 14.9 Å². The predicted octanol–water partition coefficient (Wildman–Crippen LogP) is 0.628. The summed E-state index contributed by atoms with van der Waals surface area (Å²) in [6, 6.07) is 3.91. The summed E-state index contributed by atoms with van der Waals surface area (Å²) >= 11 is 0. The maximum Gasteiger partial charge on any atom is 0.524 e. The number of nitrogens with one attached hydrogen (secondary N) is 1. The number of phosphoric ester groups is 1. The zero-order valence-corrected chi connectivity index (χ0v) is 9.88. The Hall–Kier alpha value is -1.47. The fourth-order valence-corrected chi connectivity index (χ4v) is 1.63. The lowest BCUT2D eigenvalue weighted by molar-refractivity contribution is -0.140. The molecule has 18 heavy (non-hydrogen) atoms. The third kappa shape index (κ3) is 4.80. The molecule has 1 aromatic rings. The van der Waals surface area contributed by atoms with E-state index in [2.05, 4.69) is 4.52 Å². The second-order valence-corrected chi connectivity index (χ2v) is 4.59. The van der Waals surface area contributed by atoms with Gasteiger partial charge >= 0.3 is 13.8 Å². The van der Waals surface area contributed by atoms with E-state index in [1.165, 1.54) is 24.3 Å². The van der Waals surface area contributed by atoms with Crippen molar-refractivity contribution in [1.82, 2.24) is 5.54 Å². The molecule has 1 atom stereocenters. The molecule has 0 heterocycles. The van der Waals surface area contributed by atoms with Crippen LogP contribution in [0.3, 0.4) is 0 Å². The monoisotopic (exact) mass is 279 g/mol. The average molecular weight is 279 g/mol. The Bertz CT molecular complexity index is 459. The topological polar surface area (TPSA) is 116 Å². The van der Waals surface area contributed by atoms with Crippen molar-refractivity contribution < 1.29 is 33.3 Å². The number of carboxylic acids is 1. The Kier molecular flexibility index (Phi) is 4.80. The fourth-order valence-electron chi connectivity index (χ4n) is 1.23. The van der Waals surface area contributed by atoms with Gasteiger partial charge in [-0.25, -0.2) is 4.57 Å². The first-order valence-corrected chi connectivity index (χ1v) is 6.28. The van der Waals surface area contributed by atoms with Crippen molar-refractivity contribution in [2.45, 2.75) is 12.5 Å². The van der Waals surface area contributed by atoms with Crippen LogP contribution in [0, 0.1) is 0 Å². The fraction of sp³-hybridized carbons (Fsp3) is 0.222. The van der Waals surface area contributed by atoms with Gasteiger partial charge in [0.05, 0.1) is 0 Å². The van der Waals surface area contributed by atoms with Crippen molar-refractivity contribution in [3.05, 3.63) is 29.8 Å². The van der Waals surface area contributed by atoms with Crippen LogP contribution in [0.1, 0.15) is 5.56 Å². The number of carboxylic acid groups (broad SMARTS) is 1. The van der Waals surface area contributed by atoms with Gasteiger partial charge in [0.2, 0.25) is 0 Å². The van der Waals surface area contributed by atoms with Crippen molar-refractivity contribution in [2.24, 2.45) is 0 Å². The van der Waals surface area contributed by atoms with E-state index in [0.717, 1.165) is 5.54 Å². The normalized spacial score (nSPS) is 13.1. The van der Waals surface area contributed by atoms with E-state index in [1.54, 1.807) is 0 Å². The van der Waals surface area contributed by atoms with Crippen molar-refractivity contribution in [3.8, 4) is 5.75 Å². The minimum atomic E-state index is -4.62. The van der Waals surface area contributed by atoms with Gasteiger partial charge in [0, 0.05) is 6.42 Å². The first-order chi connectivity index (χ1) is 8.31. The molecule has 0 fully saturated rings. The highest BCUT2D eigenvalue weighted by Crippen LogP contribution is 2.37. The van der Waals surface area contributed by atoms with Crippen LogP contribution in [0.15, 0.2) is 24.3 Å². The molecule has 0 aromatic heterocycles. The largest absolute Gasteiger partial charge is 0.524 e. The van der Waals surface area contributed by atoms with Crippen LogP contribution in [0.25, 0.3) is 0 Å². The minimum Gasteiger partial charge on any atom is -0.480 e. The van der Waals surface area contributed by atoms with Crippen LogP contribution >= 0.6 is 7.82 Å². The molecule has 0 radical (unpaired) electrons. The number of halogens is 1. The zero-order valence-electron chi connectivity index (χ0n) is 8.99. The molecule has 0 spiro atoms. The predicted molar refractivity (Wildman–Crippen MR) is 58.5 cm³/mol. The smallest absolute Gasteiger partial charge is 0.480 e. The van der Waals surface area contributed by atoms with Crippen LogP contribution in [0.4, 0.5) is 4.48 Å². The number of hydrogen-bond acceptors (Lipinski definition) is 4. The third-order valence-corrected chi connectivity index (χ3v) is 2.47. The minimum absolute atomic E-state index is 0.0628. The van der Waals surface area contributed by atoms with E-state index in [-0.39, 0.29) is 12.2 Å². The highest BCUT2D eigenvalue weighted by Gasteiger charge is 2.18. The summed E-state index contributed by atoms with van der Waals surface area (Å²) in [6.45, 7) is 0. The molecular formula is C9H11FNO6P. The summed E-state index contributed by atoms with van der Waals surface area (Å²) in [7, 11) is -4.62. The summed E-state index contributed by atoms with van der Waals surface area (Å²) in [6.07, 6.45) is -0.109. The molecule has 0 saturated carbocycles. The summed E-state index contributed by atoms with van der Waals surface area (Å²) in [5, 5.41) is 8.61. The Balaban J connectivity index is 2.71. The molecule has 100 valence electrons. The first-order valence-electron chi connectivity index (χ1n) is 4.75. The van der Waals surface area contributed by atoms with Gasteiger partial charge in [-0.3, -0.25) is 14.6 Å². The SMILES string of the molecule is O=C(O)[C@H](Cc1ccc(OP(=O)(O)O)cc1)NF. The summed E-state index contributed by atoms with van der Waals surface area (Å²) in [4.78, 5) is 27.7. The van der Waals surface area contributed by atoms with Crippen LogP contribution < -0.4 is 10.1 Å². The third-order valence-electron chi connectivity index (χ3n) is 2.02. The molecule has 0 saturated heterocycles. The van der Waals surface area contributed by atoms with Crippen molar-refractivity contribution in [3.63, 3.8) is 0 Å². The van der Waals surface area contributed by atoms with Gasteiger partial charge in [0.25, 0.3) is 0 Å². The van der Waals surface area contributed by atoms with Crippen molar-refractivity contribution >= 4 is 13.8 Å². The molecule has 1 rings (SSSR count). The zero-order chi connectivity index (χ0) is 13.8. The van der Waals surface area contributed by atoms with E-state index in [9.17, 15) is 13.8 Å². The van der Waals surface area contributed by atoms with Gasteiger partial charge in [0.15, 0.2) is 0 Å². The Morgan fingerprint density at radius 1 is 1.39 bits per heavy atom. The highest BCUT2D eigenvalue weighted by atomic mass is 31.2. The number of hydrogen-bond donors (Lipinski definition) is 4. The summed E-state index contributed by atoms with van der Waals surface area (Å²) in [5.41, 5.74) is 1.62.